The Kier molecular flexibility index (Phi) is 6.69. The van der Waals surface area contributed by atoms with Gasteiger partial charge in [-0.05, 0) is 56.0 Å². The first-order valence-corrected chi connectivity index (χ1v) is 9.99. The zero-order valence-corrected chi connectivity index (χ0v) is 17.0. The van der Waals surface area contributed by atoms with Gasteiger partial charge in [0.2, 0.25) is 5.91 Å². The van der Waals surface area contributed by atoms with E-state index in [9.17, 15) is 4.79 Å². The van der Waals surface area contributed by atoms with Crippen LogP contribution < -0.4 is 10.1 Å². The van der Waals surface area contributed by atoms with Gasteiger partial charge >= 0.3 is 0 Å². The van der Waals surface area contributed by atoms with Crippen LogP contribution in [0.3, 0.4) is 0 Å². The molecule has 2 aromatic carbocycles. The third-order valence-corrected chi connectivity index (χ3v) is 4.78. The number of rotatable bonds is 9. The number of aromatic nitrogens is 2. The lowest BCUT2D eigenvalue weighted by Crippen LogP contribution is -2.24. The number of carbonyl (C=O) groups excluding carboxylic acids is 1. The van der Waals surface area contributed by atoms with E-state index in [2.05, 4.69) is 48.0 Å². The molecule has 0 radical (unpaired) electrons. The molecular weight excluding hydrogens is 350 g/mol. The van der Waals surface area contributed by atoms with E-state index in [4.69, 9.17) is 9.72 Å². The number of fused-ring (bicyclic) bond motifs is 1. The Morgan fingerprint density at radius 1 is 1.18 bits per heavy atom. The standard InChI is InChI=1S/C23H29N3O2/c1-4-8-23(27)24-16-22-25-19-9-5-6-10-20(19)26(22)13-7-14-28-21-15-17(2)11-12-18(21)3/h5-6,9-12,15H,4,7-8,13-14,16H2,1-3H3,(H,24,27). The summed E-state index contributed by atoms with van der Waals surface area (Å²) in [5, 5.41) is 2.98. The number of aryl methyl sites for hydroxylation is 3. The van der Waals surface area contributed by atoms with Crippen LogP contribution >= 0.6 is 0 Å². The Hall–Kier alpha value is -2.82. The molecule has 0 atom stereocenters. The quantitative estimate of drug-likeness (QED) is 0.555. The smallest absolute Gasteiger partial charge is 0.220 e. The summed E-state index contributed by atoms with van der Waals surface area (Å²) < 4.78 is 8.18. The summed E-state index contributed by atoms with van der Waals surface area (Å²) in [6, 6.07) is 14.4. The van der Waals surface area contributed by atoms with Gasteiger partial charge in [0, 0.05) is 13.0 Å². The average Bonchev–Trinajstić information content (AvgIpc) is 3.04. The van der Waals surface area contributed by atoms with Gasteiger partial charge < -0.3 is 14.6 Å². The fourth-order valence-electron chi connectivity index (χ4n) is 3.27. The van der Waals surface area contributed by atoms with Crippen molar-refractivity contribution in [2.24, 2.45) is 0 Å². The maximum Gasteiger partial charge on any atom is 0.220 e. The first-order valence-electron chi connectivity index (χ1n) is 9.99. The van der Waals surface area contributed by atoms with Crippen molar-refractivity contribution in [3.05, 3.63) is 59.4 Å². The van der Waals surface area contributed by atoms with E-state index in [-0.39, 0.29) is 5.91 Å². The number of amides is 1. The van der Waals surface area contributed by atoms with Crippen molar-refractivity contribution in [2.45, 2.75) is 53.1 Å². The zero-order valence-electron chi connectivity index (χ0n) is 17.0. The third kappa shape index (κ3) is 4.91. The number of imidazole rings is 1. The monoisotopic (exact) mass is 379 g/mol. The van der Waals surface area contributed by atoms with Crippen LogP contribution in [0, 0.1) is 13.8 Å². The second-order valence-corrected chi connectivity index (χ2v) is 7.17. The van der Waals surface area contributed by atoms with Crippen LogP contribution in [0.25, 0.3) is 11.0 Å². The second kappa shape index (κ2) is 9.40. The van der Waals surface area contributed by atoms with E-state index < -0.39 is 0 Å². The lowest BCUT2D eigenvalue weighted by molar-refractivity contribution is -0.121. The second-order valence-electron chi connectivity index (χ2n) is 7.17. The normalized spacial score (nSPS) is 11.0. The summed E-state index contributed by atoms with van der Waals surface area (Å²) in [5.74, 6) is 1.90. The SMILES string of the molecule is CCCC(=O)NCc1nc2ccccc2n1CCCOc1cc(C)ccc1C. The van der Waals surface area contributed by atoms with Crippen LogP contribution in [-0.2, 0) is 17.9 Å². The van der Waals surface area contributed by atoms with Crippen LogP contribution in [0.1, 0.15) is 43.1 Å². The lowest BCUT2D eigenvalue weighted by Gasteiger charge is -2.12. The molecule has 3 aromatic rings. The van der Waals surface area contributed by atoms with Crippen LogP contribution in [-0.4, -0.2) is 22.1 Å². The average molecular weight is 380 g/mol. The van der Waals surface area contributed by atoms with Gasteiger partial charge in [0.1, 0.15) is 11.6 Å². The lowest BCUT2D eigenvalue weighted by atomic mass is 10.1. The maximum atomic E-state index is 11.9. The summed E-state index contributed by atoms with van der Waals surface area (Å²) in [6.45, 7) is 8.02. The van der Waals surface area contributed by atoms with E-state index in [1.54, 1.807) is 0 Å². The van der Waals surface area contributed by atoms with Crippen LogP contribution in [0.5, 0.6) is 5.75 Å². The third-order valence-electron chi connectivity index (χ3n) is 4.78. The van der Waals surface area contributed by atoms with Gasteiger partial charge in [-0.2, -0.15) is 0 Å². The molecule has 28 heavy (non-hydrogen) atoms. The number of hydrogen-bond acceptors (Lipinski definition) is 3. The number of hydrogen-bond donors (Lipinski definition) is 1. The molecule has 0 fully saturated rings. The van der Waals surface area contributed by atoms with Gasteiger partial charge in [-0.25, -0.2) is 4.98 Å². The Bertz CT molecular complexity index is 946. The van der Waals surface area contributed by atoms with Crippen molar-refractivity contribution in [3.8, 4) is 5.75 Å². The van der Waals surface area contributed by atoms with Crippen LogP contribution in [0.4, 0.5) is 0 Å². The zero-order chi connectivity index (χ0) is 19.9. The van der Waals surface area contributed by atoms with Gasteiger partial charge in [-0.1, -0.05) is 31.2 Å². The first-order chi connectivity index (χ1) is 13.6. The van der Waals surface area contributed by atoms with Crippen molar-refractivity contribution in [1.82, 2.24) is 14.9 Å². The molecule has 148 valence electrons. The summed E-state index contributed by atoms with van der Waals surface area (Å²) in [4.78, 5) is 16.6. The molecule has 0 aliphatic rings. The molecule has 0 bridgehead atoms. The van der Waals surface area contributed by atoms with Gasteiger partial charge in [-0.3, -0.25) is 4.79 Å². The Balaban J connectivity index is 1.66. The molecule has 5 heteroatoms. The molecule has 1 amide bonds. The predicted octanol–water partition coefficient (Wildman–Crippen LogP) is 4.54. The molecule has 0 saturated heterocycles. The number of nitrogens with one attached hydrogen (secondary N) is 1. The summed E-state index contributed by atoms with van der Waals surface area (Å²) in [5.41, 5.74) is 4.40. The van der Waals surface area contributed by atoms with Crippen molar-refractivity contribution in [3.63, 3.8) is 0 Å². The van der Waals surface area contributed by atoms with E-state index in [1.807, 2.05) is 25.1 Å². The molecular formula is C23H29N3O2. The minimum atomic E-state index is 0.0689. The number of carbonyl (C=O) groups is 1. The minimum absolute atomic E-state index is 0.0689. The first kappa shape index (κ1) is 19.9. The molecule has 0 aliphatic carbocycles. The Morgan fingerprint density at radius 3 is 2.82 bits per heavy atom. The fraction of sp³-hybridized carbons (Fsp3) is 0.391. The fourth-order valence-corrected chi connectivity index (χ4v) is 3.27. The number of ether oxygens (including phenoxy) is 1. The molecule has 1 heterocycles. The highest BCUT2D eigenvalue weighted by Gasteiger charge is 2.11. The number of benzene rings is 2. The summed E-state index contributed by atoms with van der Waals surface area (Å²) in [7, 11) is 0. The van der Waals surface area contributed by atoms with Crippen molar-refractivity contribution >= 4 is 16.9 Å². The van der Waals surface area contributed by atoms with E-state index in [0.29, 0.717) is 19.6 Å². The van der Waals surface area contributed by atoms with Crippen LogP contribution in [0.15, 0.2) is 42.5 Å². The van der Waals surface area contributed by atoms with Crippen molar-refractivity contribution in [2.75, 3.05) is 6.61 Å². The topological polar surface area (TPSA) is 56.2 Å². The van der Waals surface area contributed by atoms with E-state index >= 15 is 0 Å². The predicted molar refractivity (Wildman–Crippen MR) is 113 cm³/mol. The van der Waals surface area contributed by atoms with Gasteiger partial charge in [-0.15, -0.1) is 0 Å². The van der Waals surface area contributed by atoms with Gasteiger partial charge in [0.25, 0.3) is 0 Å². The highest BCUT2D eigenvalue weighted by molar-refractivity contribution is 5.77. The highest BCUT2D eigenvalue weighted by atomic mass is 16.5. The summed E-state index contributed by atoms with van der Waals surface area (Å²) >= 11 is 0. The molecule has 0 aliphatic heterocycles. The van der Waals surface area contributed by atoms with Crippen molar-refractivity contribution in [1.29, 1.82) is 0 Å². The molecule has 1 aromatic heterocycles. The molecule has 1 N–H and O–H groups in total. The molecule has 0 spiro atoms. The Labute approximate surface area is 166 Å². The highest BCUT2D eigenvalue weighted by Crippen LogP contribution is 2.20. The number of nitrogens with zero attached hydrogens (tertiary/aromatic N) is 2. The van der Waals surface area contributed by atoms with E-state index in [1.165, 1.54) is 5.56 Å². The Morgan fingerprint density at radius 2 is 2.00 bits per heavy atom. The van der Waals surface area contributed by atoms with E-state index in [0.717, 1.165) is 47.6 Å². The molecule has 0 saturated carbocycles. The number of para-hydroxylation sites is 2. The maximum absolute atomic E-state index is 11.9. The van der Waals surface area contributed by atoms with Crippen molar-refractivity contribution < 1.29 is 9.53 Å². The largest absolute Gasteiger partial charge is 0.493 e. The molecule has 0 unspecified atom stereocenters. The summed E-state index contributed by atoms with van der Waals surface area (Å²) in [6.07, 6.45) is 2.26. The molecule has 5 nitrogen and oxygen atoms in total. The minimum Gasteiger partial charge on any atom is -0.493 e. The van der Waals surface area contributed by atoms with Crippen LogP contribution in [0.2, 0.25) is 0 Å². The van der Waals surface area contributed by atoms with Gasteiger partial charge in [0.05, 0.1) is 24.2 Å². The molecule has 3 rings (SSSR count). The van der Waals surface area contributed by atoms with Gasteiger partial charge in [0.15, 0.2) is 0 Å².